The van der Waals surface area contributed by atoms with Crippen LogP contribution < -0.4 is 5.32 Å². The largest absolute Gasteiger partial charge is 0.416 e. The van der Waals surface area contributed by atoms with Crippen molar-refractivity contribution in [3.63, 3.8) is 0 Å². The van der Waals surface area contributed by atoms with Crippen molar-refractivity contribution in [2.24, 2.45) is 0 Å². The molecule has 0 unspecified atom stereocenters. The first-order valence-corrected chi connectivity index (χ1v) is 7.94. The lowest BCUT2D eigenvalue weighted by Crippen LogP contribution is -2.07. The second kappa shape index (κ2) is 5.91. The summed E-state index contributed by atoms with van der Waals surface area (Å²) in [5.41, 5.74) is 2.85. The van der Waals surface area contributed by atoms with E-state index in [2.05, 4.69) is 15.4 Å². The summed E-state index contributed by atoms with van der Waals surface area (Å²) < 4.78 is 39.9. The highest BCUT2D eigenvalue weighted by Crippen LogP contribution is 2.32. The van der Waals surface area contributed by atoms with E-state index >= 15 is 0 Å². The zero-order chi connectivity index (χ0) is 17.4. The SMILES string of the molecule is FC(F)(F)c1ccc(-n2nc(Cc3ccccn3)c3c2NCC3)cc1. The van der Waals surface area contributed by atoms with Crippen molar-refractivity contribution in [2.45, 2.75) is 19.0 Å². The van der Waals surface area contributed by atoms with Crippen molar-refractivity contribution < 1.29 is 13.2 Å². The fraction of sp³-hybridized carbons (Fsp3) is 0.222. The molecule has 0 radical (unpaired) electrons. The lowest BCUT2D eigenvalue weighted by molar-refractivity contribution is -0.137. The Kier molecular flexibility index (Phi) is 3.71. The van der Waals surface area contributed by atoms with Gasteiger partial charge in [0.2, 0.25) is 0 Å². The van der Waals surface area contributed by atoms with Gasteiger partial charge in [-0.3, -0.25) is 4.98 Å². The lowest BCUT2D eigenvalue weighted by atomic mass is 10.1. The highest BCUT2D eigenvalue weighted by Gasteiger charge is 2.30. The van der Waals surface area contributed by atoms with Gasteiger partial charge in [-0.2, -0.15) is 18.3 Å². The summed E-state index contributed by atoms with van der Waals surface area (Å²) in [6.07, 6.45) is -1.16. The van der Waals surface area contributed by atoms with Crippen LogP contribution in [0.15, 0.2) is 48.7 Å². The molecule has 0 bridgehead atoms. The number of halogens is 3. The van der Waals surface area contributed by atoms with Crippen LogP contribution in [0.3, 0.4) is 0 Å². The fourth-order valence-corrected chi connectivity index (χ4v) is 3.04. The lowest BCUT2D eigenvalue weighted by Gasteiger charge is -2.09. The maximum absolute atomic E-state index is 12.7. The average Bonchev–Trinajstić information content (AvgIpc) is 3.19. The summed E-state index contributed by atoms with van der Waals surface area (Å²) in [5.74, 6) is 0.852. The van der Waals surface area contributed by atoms with Gasteiger partial charge in [-0.05, 0) is 42.8 Å². The van der Waals surface area contributed by atoms with Crippen LogP contribution in [-0.4, -0.2) is 21.3 Å². The highest BCUT2D eigenvalue weighted by atomic mass is 19.4. The Morgan fingerprint density at radius 3 is 2.56 bits per heavy atom. The summed E-state index contributed by atoms with van der Waals surface area (Å²) in [7, 11) is 0. The van der Waals surface area contributed by atoms with Crippen molar-refractivity contribution in [1.82, 2.24) is 14.8 Å². The van der Waals surface area contributed by atoms with Crippen molar-refractivity contribution in [1.29, 1.82) is 0 Å². The molecule has 0 saturated heterocycles. The first kappa shape index (κ1) is 15.7. The molecule has 0 fully saturated rings. The van der Waals surface area contributed by atoms with Crippen molar-refractivity contribution in [2.75, 3.05) is 11.9 Å². The molecule has 2 aromatic heterocycles. The topological polar surface area (TPSA) is 42.7 Å². The maximum Gasteiger partial charge on any atom is 0.416 e. The predicted molar refractivity (Wildman–Crippen MR) is 87.8 cm³/mol. The minimum atomic E-state index is -4.34. The van der Waals surface area contributed by atoms with Gasteiger partial charge in [-0.1, -0.05) is 6.07 Å². The summed E-state index contributed by atoms with van der Waals surface area (Å²) in [4.78, 5) is 4.33. The van der Waals surface area contributed by atoms with Crippen LogP contribution in [0.4, 0.5) is 19.0 Å². The van der Waals surface area contributed by atoms with Crippen LogP contribution in [0.2, 0.25) is 0 Å². The molecule has 7 heteroatoms. The monoisotopic (exact) mass is 344 g/mol. The van der Waals surface area contributed by atoms with E-state index in [-0.39, 0.29) is 0 Å². The minimum absolute atomic E-state index is 0.596. The van der Waals surface area contributed by atoms with Gasteiger partial charge in [0.15, 0.2) is 0 Å². The summed E-state index contributed by atoms with van der Waals surface area (Å²) in [5, 5.41) is 7.90. The van der Waals surface area contributed by atoms with Crippen molar-refractivity contribution in [3.8, 4) is 5.69 Å². The molecule has 1 aliphatic rings. The van der Waals surface area contributed by atoms with Crippen molar-refractivity contribution in [3.05, 3.63) is 71.2 Å². The van der Waals surface area contributed by atoms with Crippen molar-refractivity contribution >= 4 is 5.82 Å². The van der Waals surface area contributed by atoms with Crippen LogP contribution in [0.25, 0.3) is 5.69 Å². The molecule has 128 valence electrons. The molecule has 0 aliphatic carbocycles. The van der Waals surface area contributed by atoms with Gasteiger partial charge < -0.3 is 5.32 Å². The molecule has 3 heterocycles. The van der Waals surface area contributed by atoms with E-state index in [1.54, 1.807) is 10.9 Å². The van der Waals surface area contributed by atoms with E-state index in [4.69, 9.17) is 0 Å². The zero-order valence-electron chi connectivity index (χ0n) is 13.2. The number of fused-ring (bicyclic) bond motifs is 1. The molecule has 4 rings (SSSR count). The molecular weight excluding hydrogens is 329 g/mol. The van der Waals surface area contributed by atoms with E-state index in [0.717, 1.165) is 47.9 Å². The Morgan fingerprint density at radius 1 is 1.08 bits per heavy atom. The number of hydrogen-bond donors (Lipinski definition) is 1. The summed E-state index contributed by atoms with van der Waals surface area (Å²) >= 11 is 0. The van der Waals surface area contributed by atoms with E-state index in [1.807, 2.05) is 18.2 Å². The number of hydrogen-bond acceptors (Lipinski definition) is 3. The molecular formula is C18H15F3N4. The molecule has 1 N–H and O–H groups in total. The molecule has 3 aromatic rings. The minimum Gasteiger partial charge on any atom is -0.369 e. The molecule has 0 spiro atoms. The molecule has 0 amide bonds. The second-order valence-corrected chi connectivity index (χ2v) is 5.90. The summed E-state index contributed by atoms with van der Waals surface area (Å²) in [6.45, 7) is 0.795. The predicted octanol–water partition coefficient (Wildman–Crippen LogP) is 3.84. The highest BCUT2D eigenvalue weighted by molar-refractivity contribution is 5.57. The fourth-order valence-electron chi connectivity index (χ4n) is 3.04. The second-order valence-electron chi connectivity index (χ2n) is 5.90. The first-order chi connectivity index (χ1) is 12.0. The Balaban J connectivity index is 1.70. The summed E-state index contributed by atoms with van der Waals surface area (Å²) in [6, 6.07) is 10.8. The molecule has 0 saturated carbocycles. The van der Waals surface area contributed by atoms with Crippen LogP contribution in [-0.2, 0) is 19.0 Å². The third-order valence-corrected chi connectivity index (χ3v) is 4.25. The normalized spacial score (nSPS) is 13.6. The van der Waals surface area contributed by atoms with E-state index < -0.39 is 11.7 Å². The van der Waals surface area contributed by atoms with Gasteiger partial charge >= 0.3 is 6.18 Å². The van der Waals surface area contributed by atoms with Gasteiger partial charge in [0.1, 0.15) is 5.82 Å². The van der Waals surface area contributed by atoms with Crippen LogP contribution in [0, 0.1) is 0 Å². The first-order valence-electron chi connectivity index (χ1n) is 7.94. The van der Waals surface area contributed by atoms with Gasteiger partial charge in [-0.15, -0.1) is 0 Å². The average molecular weight is 344 g/mol. The number of pyridine rings is 1. The smallest absolute Gasteiger partial charge is 0.369 e. The molecule has 0 atom stereocenters. The Morgan fingerprint density at radius 2 is 1.88 bits per heavy atom. The third-order valence-electron chi connectivity index (χ3n) is 4.25. The number of nitrogens with one attached hydrogen (secondary N) is 1. The van der Waals surface area contributed by atoms with Gasteiger partial charge in [0, 0.05) is 30.4 Å². The maximum atomic E-state index is 12.7. The van der Waals surface area contributed by atoms with Gasteiger partial charge in [0.25, 0.3) is 0 Å². The Bertz CT molecular complexity index is 883. The Labute approximate surface area is 142 Å². The van der Waals surface area contributed by atoms with E-state index in [0.29, 0.717) is 12.1 Å². The molecule has 25 heavy (non-hydrogen) atoms. The van der Waals surface area contributed by atoms with Crippen LogP contribution in [0.5, 0.6) is 0 Å². The van der Waals surface area contributed by atoms with Gasteiger partial charge in [-0.25, -0.2) is 4.68 Å². The van der Waals surface area contributed by atoms with Gasteiger partial charge in [0.05, 0.1) is 16.9 Å². The number of anilines is 1. The number of alkyl halides is 3. The Hall–Kier alpha value is -2.83. The molecule has 4 nitrogen and oxygen atoms in total. The standard InChI is InChI=1S/C18H15F3N4/c19-18(20,21)12-4-6-14(7-5-12)25-17-15(8-10-23-17)16(24-25)11-13-3-1-2-9-22-13/h1-7,9,23H,8,10-11H2. The third kappa shape index (κ3) is 2.97. The van der Waals surface area contributed by atoms with E-state index in [9.17, 15) is 13.2 Å². The van der Waals surface area contributed by atoms with E-state index in [1.165, 1.54) is 12.1 Å². The number of nitrogens with zero attached hydrogens (tertiary/aromatic N) is 3. The van der Waals surface area contributed by atoms with Crippen LogP contribution in [0.1, 0.15) is 22.5 Å². The number of rotatable bonds is 3. The quantitative estimate of drug-likeness (QED) is 0.785. The van der Waals surface area contributed by atoms with Crippen LogP contribution >= 0.6 is 0 Å². The molecule has 1 aliphatic heterocycles. The zero-order valence-corrected chi connectivity index (χ0v) is 13.2. The number of aromatic nitrogens is 3. The molecule has 1 aromatic carbocycles. The number of benzene rings is 1.